The molecule has 4 aromatic heterocycles. The van der Waals surface area contributed by atoms with E-state index in [2.05, 4.69) is 66.4 Å². The van der Waals surface area contributed by atoms with Gasteiger partial charge in [-0.2, -0.15) is 5.10 Å². The monoisotopic (exact) mass is 477 g/mol. The maximum Gasteiger partial charge on any atom is 0.155 e. The molecule has 2 aliphatic heterocycles. The van der Waals surface area contributed by atoms with Gasteiger partial charge in [0.15, 0.2) is 5.65 Å². The van der Waals surface area contributed by atoms with Crippen molar-refractivity contribution in [1.29, 1.82) is 0 Å². The second-order valence-corrected chi connectivity index (χ2v) is 10.2. The first-order valence-corrected chi connectivity index (χ1v) is 13.2. The van der Waals surface area contributed by atoms with Gasteiger partial charge in [0, 0.05) is 71.3 Å². The number of nitrogens with one attached hydrogen (secondary N) is 2. The van der Waals surface area contributed by atoms with Crippen LogP contribution in [0.2, 0.25) is 0 Å². The third-order valence-electron chi connectivity index (χ3n) is 7.74. The number of piperidine rings is 1. The van der Waals surface area contributed by atoms with Crippen LogP contribution < -0.4 is 4.90 Å². The zero-order valence-corrected chi connectivity index (χ0v) is 20.5. The normalized spacial score (nSPS) is 16.9. The number of aromatic nitrogens is 5. The molecule has 7 heteroatoms. The van der Waals surface area contributed by atoms with Crippen LogP contribution in [0.5, 0.6) is 0 Å². The van der Waals surface area contributed by atoms with Crippen LogP contribution in [-0.4, -0.2) is 56.2 Å². The molecule has 0 bridgehead atoms. The topological polar surface area (TPSA) is 76.7 Å². The standard InChI is InChI=1S/C29H31N7/c1-2-11-36(12-3-1)27-8-6-7-25-23(27)15-26(32-25)28-24-14-22(18-31-29(24)34-33-28)21-13-20(16-30-17-21)19-35-9-4-5-10-35/h6-8,13-18,32H,1-5,9-12,19H2,(H,31,33,34). The lowest BCUT2D eigenvalue weighted by Crippen LogP contribution is -2.29. The van der Waals surface area contributed by atoms with Gasteiger partial charge in [-0.05, 0) is 81.1 Å². The smallest absolute Gasteiger partial charge is 0.155 e. The van der Waals surface area contributed by atoms with Crippen LogP contribution in [0.25, 0.3) is 44.5 Å². The van der Waals surface area contributed by atoms with E-state index in [0.717, 1.165) is 58.7 Å². The lowest BCUT2D eigenvalue weighted by atomic mass is 10.1. The molecule has 0 unspecified atom stereocenters. The molecular weight excluding hydrogens is 446 g/mol. The first-order chi connectivity index (χ1) is 17.8. The average Bonchev–Trinajstić information content (AvgIpc) is 3.68. The van der Waals surface area contributed by atoms with Crippen molar-refractivity contribution in [2.24, 2.45) is 0 Å². The van der Waals surface area contributed by atoms with E-state index in [-0.39, 0.29) is 0 Å². The predicted octanol–water partition coefficient (Wildman–Crippen LogP) is 5.75. The fraction of sp³-hybridized carbons (Fsp3) is 0.345. The van der Waals surface area contributed by atoms with Crippen LogP contribution in [0.1, 0.15) is 37.7 Å². The van der Waals surface area contributed by atoms with Gasteiger partial charge in [0.2, 0.25) is 0 Å². The van der Waals surface area contributed by atoms with Gasteiger partial charge in [-0.25, -0.2) is 4.98 Å². The molecule has 1 aromatic carbocycles. The van der Waals surface area contributed by atoms with Gasteiger partial charge in [0.05, 0.1) is 5.69 Å². The maximum absolute atomic E-state index is 4.70. The summed E-state index contributed by atoms with van der Waals surface area (Å²) in [6.45, 7) is 5.58. The molecule has 0 amide bonds. The fourth-order valence-corrected chi connectivity index (χ4v) is 5.87. The van der Waals surface area contributed by atoms with Gasteiger partial charge in [0.25, 0.3) is 0 Å². The number of hydrogen-bond acceptors (Lipinski definition) is 5. The quantitative estimate of drug-likeness (QED) is 0.337. The molecule has 5 aromatic rings. The number of fused-ring (bicyclic) bond motifs is 2. The van der Waals surface area contributed by atoms with Gasteiger partial charge in [-0.1, -0.05) is 6.07 Å². The molecule has 0 aliphatic carbocycles. The number of likely N-dealkylation sites (tertiary alicyclic amines) is 1. The number of aromatic amines is 2. The molecule has 2 saturated heterocycles. The maximum atomic E-state index is 4.70. The Morgan fingerprint density at radius 2 is 1.64 bits per heavy atom. The Hall–Kier alpha value is -3.71. The average molecular weight is 478 g/mol. The Morgan fingerprint density at radius 3 is 2.53 bits per heavy atom. The molecule has 0 radical (unpaired) electrons. The Labute approximate surface area is 210 Å². The van der Waals surface area contributed by atoms with Crippen LogP contribution in [0.4, 0.5) is 5.69 Å². The lowest BCUT2D eigenvalue weighted by Gasteiger charge is -2.29. The third kappa shape index (κ3) is 3.93. The number of hydrogen-bond donors (Lipinski definition) is 2. The highest BCUT2D eigenvalue weighted by Crippen LogP contribution is 2.35. The molecular formula is C29H31N7. The minimum atomic E-state index is 0.796. The van der Waals surface area contributed by atoms with E-state index in [0.29, 0.717) is 0 Å². The van der Waals surface area contributed by atoms with Crippen LogP contribution in [0.3, 0.4) is 0 Å². The van der Waals surface area contributed by atoms with E-state index >= 15 is 0 Å². The van der Waals surface area contributed by atoms with Crippen LogP contribution in [-0.2, 0) is 6.54 Å². The second kappa shape index (κ2) is 9.06. The highest BCUT2D eigenvalue weighted by atomic mass is 15.2. The van der Waals surface area contributed by atoms with Gasteiger partial charge in [-0.3, -0.25) is 15.0 Å². The SMILES string of the molecule is c1cc(N2CCCCC2)c2cc(-c3n[nH]c4ncc(-c5cncc(CN6CCCC6)c5)cc34)[nH]c2c1. The highest BCUT2D eigenvalue weighted by Gasteiger charge is 2.18. The summed E-state index contributed by atoms with van der Waals surface area (Å²) in [7, 11) is 0. The van der Waals surface area contributed by atoms with E-state index in [1.807, 2.05) is 18.6 Å². The summed E-state index contributed by atoms with van der Waals surface area (Å²) < 4.78 is 0. The van der Waals surface area contributed by atoms with Crippen molar-refractivity contribution in [2.45, 2.75) is 38.6 Å². The van der Waals surface area contributed by atoms with Crippen molar-refractivity contribution in [3.05, 3.63) is 60.6 Å². The fourth-order valence-electron chi connectivity index (χ4n) is 5.87. The van der Waals surface area contributed by atoms with E-state index in [4.69, 9.17) is 4.98 Å². The summed E-state index contributed by atoms with van der Waals surface area (Å²) >= 11 is 0. The van der Waals surface area contributed by atoms with Crippen molar-refractivity contribution < 1.29 is 0 Å². The summed E-state index contributed by atoms with van der Waals surface area (Å²) in [5, 5.41) is 10.1. The Bertz CT molecular complexity index is 1520. The third-order valence-corrected chi connectivity index (χ3v) is 7.74. The van der Waals surface area contributed by atoms with Gasteiger partial charge in [0.1, 0.15) is 5.69 Å². The molecule has 0 saturated carbocycles. The molecule has 7 rings (SSSR count). The van der Waals surface area contributed by atoms with E-state index in [9.17, 15) is 0 Å². The van der Waals surface area contributed by atoms with Crippen molar-refractivity contribution in [2.75, 3.05) is 31.1 Å². The number of rotatable bonds is 5. The number of anilines is 1. The molecule has 0 spiro atoms. The van der Waals surface area contributed by atoms with Gasteiger partial charge >= 0.3 is 0 Å². The van der Waals surface area contributed by atoms with Crippen molar-refractivity contribution >= 4 is 27.6 Å². The van der Waals surface area contributed by atoms with Crippen molar-refractivity contribution in [3.63, 3.8) is 0 Å². The highest BCUT2D eigenvalue weighted by molar-refractivity contribution is 6.00. The molecule has 2 aliphatic rings. The van der Waals surface area contributed by atoms with Gasteiger partial charge < -0.3 is 9.88 Å². The van der Waals surface area contributed by atoms with Crippen molar-refractivity contribution in [3.8, 4) is 22.5 Å². The molecule has 7 nitrogen and oxygen atoms in total. The minimum absolute atomic E-state index is 0.796. The molecule has 36 heavy (non-hydrogen) atoms. The van der Waals surface area contributed by atoms with Gasteiger partial charge in [-0.15, -0.1) is 0 Å². The first kappa shape index (κ1) is 21.6. The Kier molecular flexibility index (Phi) is 5.43. The molecule has 0 atom stereocenters. The molecule has 2 fully saturated rings. The Morgan fingerprint density at radius 1 is 0.806 bits per heavy atom. The number of benzene rings is 1. The van der Waals surface area contributed by atoms with Crippen LogP contribution in [0.15, 0.2) is 55.0 Å². The van der Waals surface area contributed by atoms with Crippen LogP contribution >= 0.6 is 0 Å². The minimum Gasteiger partial charge on any atom is -0.371 e. The lowest BCUT2D eigenvalue weighted by molar-refractivity contribution is 0.331. The zero-order valence-electron chi connectivity index (χ0n) is 20.5. The summed E-state index contributed by atoms with van der Waals surface area (Å²) in [6.07, 6.45) is 12.3. The predicted molar refractivity (Wildman–Crippen MR) is 145 cm³/mol. The summed E-state index contributed by atoms with van der Waals surface area (Å²) in [6, 6.07) is 13.2. The van der Waals surface area contributed by atoms with E-state index in [1.165, 1.54) is 61.8 Å². The summed E-state index contributed by atoms with van der Waals surface area (Å²) in [5.74, 6) is 0. The number of pyridine rings is 2. The summed E-state index contributed by atoms with van der Waals surface area (Å²) in [5.41, 5.74) is 8.58. The Balaban J connectivity index is 1.25. The molecule has 2 N–H and O–H groups in total. The second-order valence-electron chi connectivity index (χ2n) is 10.2. The number of H-pyrrole nitrogens is 2. The summed E-state index contributed by atoms with van der Waals surface area (Å²) in [4.78, 5) is 17.9. The first-order valence-electron chi connectivity index (χ1n) is 13.2. The largest absolute Gasteiger partial charge is 0.371 e. The zero-order chi connectivity index (χ0) is 23.9. The van der Waals surface area contributed by atoms with E-state index < -0.39 is 0 Å². The van der Waals surface area contributed by atoms with E-state index in [1.54, 1.807) is 0 Å². The number of nitrogens with zero attached hydrogens (tertiary/aromatic N) is 5. The van der Waals surface area contributed by atoms with Crippen molar-refractivity contribution in [1.82, 2.24) is 30.0 Å². The molecule has 6 heterocycles. The van der Waals surface area contributed by atoms with Crippen LogP contribution in [0, 0.1) is 0 Å². The molecule has 182 valence electrons.